The quantitative estimate of drug-likeness (QED) is 0.468. The molecule has 84 valence electrons. The number of carbonyl (C=O) groups excluding carboxylic acids is 1. The molecule has 0 bridgehead atoms. The van der Waals surface area contributed by atoms with Crippen LogP contribution < -0.4 is 5.32 Å². The highest BCUT2D eigenvalue weighted by Gasteiger charge is 2.01. The van der Waals surface area contributed by atoms with E-state index in [0.717, 1.165) is 0 Å². The molecule has 0 aromatic rings. The van der Waals surface area contributed by atoms with Crippen LogP contribution >= 0.6 is 0 Å². The maximum atomic E-state index is 10.7. The van der Waals surface area contributed by atoms with E-state index < -0.39 is 9.84 Å². The number of sulfone groups is 1. The van der Waals surface area contributed by atoms with Crippen LogP contribution in [0.5, 0.6) is 0 Å². The van der Waals surface area contributed by atoms with Crippen LogP contribution in [0.2, 0.25) is 0 Å². The van der Waals surface area contributed by atoms with Gasteiger partial charge in [-0.3, -0.25) is 4.79 Å². The highest BCUT2D eigenvalue weighted by Crippen LogP contribution is 1.89. The molecule has 0 spiro atoms. The van der Waals surface area contributed by atoms with Gasteiger partial charge in [0.05, 0.1) is 12.9 Å². The minimum absolute atomic E-state index is 0.130. The average molecular weight is 223 g/mol. The Balaban J connectivity index is 3.27. The second kappa shape index (κ2) is 6.78. The zero-order valence-corrected chi connectivity index (χ0v) is 9.39. The Morgan fingerprint density at radius 2 is 2.00 bits per heavy atom. The Kier molecular flexibility index (Phi) is 6.48. The van der Waals surface area contributed by atoms with Crippen molar-refractivity contribution in [3.05, 3.63) is 0 Å². The summed E-state index contributed by atoms with van der Waals surface area (Å²) in [5, 5.41) is 2.93. The molecule has 0 saturated carbocycles. The van der Waals surface area contributed by atoms with Gasteiger partial charge in [-0.05, 0) is 13.0 Å². The average Bonchev–Trinajstić information content (AvgIpc) is 2.08. The molecule has 5 nitrogen and oxygen atoms in total. The Bertz CT molecular complexity index is 261. The Hall–Kier alpha value is -0.620. The molecule has 1 N–H and O–H groups in total. The van der Waals surface area contributed by atoms with Gasteiger partial charge in [-0.1, -0.05) is 0 Å². The first-order valence-electron chi connectivity index (χ1n) is 4.41. The molecule has 0 radical (unpaired) electrons. The van der Waals surface area contributed by atoms with Crippen molar-refractivity contribution in [2.75, 3.05) is 32.2 Å². The Labute approximate surface area is 84.7 Å². The lowest BCUT2D eigenvalue weighted by molar-refractivity contribution is -0.140. The van der Waals surface area contributed by atoms with Crippen LogP contribution in [-0.4, -0.2) is 46.6 Å². The second-order valence-corrected chi connectivity index (χ2v) is 5.32. The molecule has 0 fully saturated rings. The van der Waals surface area contributed by atoms with Crippen LogP contribution in [0.3, 0.4) is 0 Å². The van der Waals surface area contributed by atoms with Gasteiger partial charge in [-0.25, -0.2) is 8.42 Å². The van der Waals surface area contributed by atoms with E-state index in [1.54, 1.807) is 0 Å². The minimum Gasteiger partial charge on any atom is -0.469 e. The van der Waals surface area contributed by atoms with Crippen molar-refractivity contribution in [1.82, 2.24) is 5.32 Å². The summed E-state index contributed by atoms with van der Waals surface area (Å²) in [7, 11) is -1.54. The number of ether oxygens (including phenoxy) is 1. The molecule has 0 aromatic heterocycles. The monoisotopic (exact) mass is 223 g/mol. The van der Waals surface area contributed by atoms with E-state index in [-0.39, 0.29) is 11.7 Å². The number of methoxy groups -OCH3 is 1. The van der Waals surface area contributed by atoms with Gasteiger partial charge in [0.2, 0.25) is 0 Å². The highest BCUT2D eigenvalue weighted by atomic mass is 32.2. The van der Waals surface area contributed by atoms with E-state index in [0.29, 0.717) is 25.9 Å². The van der Waals surface area contributed by atoms with E-state index >= 15 is 0 Å². The Morgan fingerprint density at radius 3 is 2.50 bits per heavy atom. The molecular weight excluding hydrogens is 206 g/mol. The molecule has 0 heterocycles. The fourth-order valence-electron chi connectivity index (χ4n) is 0.842. The van der Waals surface area contributed by atoms with E-state index in [4.69, 9.17) is 0 Å². The molecule has 0 saturated heterocycles. The third-order valence-corrected chi connectivity index (χ3v) is 2.56. The van der Waals surface area contributed by atoms with Crippen molar-refractivity contribution in [3.8, 4) is 0 Å². The summed E-state index contributed by atoms with van der Waals surface area (Å²) in [5.74, 6) is -0.111. The third-order valence-electron chi connectivity index (χ3n) is 1.61. The van der Waals surface area contributed by atoms with E-state index in [2.05, 4.69) is 10.1 Å². The molecule has 14 heavy (non-hydrogen) atoms. The van der Waals surface area contributed by atoms with Crippen molar-refractivity contribution >= 4 is 15.8 Å². The van der Waals surface area contributed by atoms with Crippen molar-refractivity contribution in [3.63, 3.8) is 0 Å². The highest BCUT2D eigenvalue weighted by molar-refractivity contribution is 7.90. The summed E-state index contributed by atoms with van der Waals surface area (Å²) in [6.07, 6.45) is 2.22. The summed E-state index contributed by atoms with van der Waals surface area (Å²) < 4.78 is 25.9. The summed E-state index contributed by atoms with van der Waals surface area (Å²) in [5.41, 5.74) is 0. The van der Waals surface area contributed by atoms with Gasteiger partial charge in [0.1, 0.15) is 9.84 Å². The van der Waals surface area contributed by atoms with Gasteiger partial charge >= 0.3 is 5.97 Å². The molecule has 0 aliphatic rings. The molecular formula is C8H17NO4S. The summed E-state index contributed by atoms with van der Waals surface area (Å²) >= 11 is 0. The zero-order valence-electron chi connectivity index (χ0n) is 8.58. The molecule has 0 aliphatic heterocycles. The zero-order chi connectivity index (χ0) is 11.0. The van der Waals surface area contributed by atoms with Gasteiger partial charge in [0.15, 0.2) is 0 Å². The maximum Gasteiger partial charge on any atom is 0.305 e. The Morgan fingerprint density at radius 1 is 1.36 bits per heavy atom. The van der Waals surface area contributed by atoms with Crippen LogP contribution in [0.25, 0.3) is 0 Å². The van der Waals surface area contributed by atoms with Crippen LogP contribution in [0.15, 0.2) is 0 Å². The first kappa shape index (κ1) is 13.4. The lowest BCUT2D eigenvalue weighted by Gasteiger charge is -2.02. The molecule has 0 amide bonds. The minimum atomic E-state index is -2.89. The van der Waals surface area contributed by atoms with Gasteiger partial charge in [0.25, 0.3) is 0 Å². The molecule has 0 atom stereocenters. The van der Waals surface area contributed by atoms with Gasteiger partial charge in [-0.2, -0.15) is 0 Å². The maximum absolute atomic E-state index is 10.7. The summed E-state index contributed by atoms with van der Waals surface area (Å²) in [6.45, 7) is 1.06. The number of esters is 1. The number of hydrogen-bond donors (Lipinski definition) is 1. The van der Waals surface area contributed by atoms with Gasteiger partial charge in [0, 0.05) is 19.2 Å². The first-order chi connectivity index (χ1) is 6.45. The number of carbonyl (C=O) groups is 1. The van der Waals surface area contributed by atoms with E-state index in [1.807, 2.05) is 0 Å². The van der Waals surface area contributed by atoms with Crippen molar-refractivity contribution in [2.45, 2.75) is 12.8 Å². The van der Waals surface area contributed by atoms with E-state index in [1.165, 1.54) is 13.4 Å². The SMILES string of the molecule is COC(=O)CCCNCCS(C)(=O)=O. The smallest absolute Gasteiger partial charge is 0.305 e. The normalized spacial score (nSPS) is 11.3. The van der Waals surface area contributed by atoms with E-state index in [9.17, 15) is 13.2 Å². The molecule has 0 rings (SSSR count). The van der Waals surface area contributed by atoms with Crippen LogP contribution in [-0.2, 0) is 19.4 Å². The first-order valence-corrected chi connectivity index (χ1v) is 6.47. The van der Waals surface area contributed by atoms with Crippen LogP contribution in [0.1, 0.15) is 12.8 Å². The van der Waals surface area contributed by atoms with Crippen LogP contribution in [0, 0.1) is 0 Å². The van der Waals surface area contributed by atoms with Gasteiger partial charge < -0.3 is 10.1 Å². The summed E-state index contributed by atoms with van der Waals surface area (Å²) in [4.78, 5) is 10.7. The van der Waals surface area contributed by atoms with Crippen LogP contribution in [0.4, 0.5) is 0 Å². The summed E-state index contributed by atoms with van der Waals surface area (Å²) in [6, 6.07) is 0. The lowest BCUT2D eigenvalue weighted by Crippen LogP contribution is -2.23. The predicted octanol–water partition coefficient (Wildman–Crippen LogP) is -0.426. The fraction of sp³-hybridized carbons (Fsp3) is 0.875. The standard InChI is InChI=1S/C8H17NO4S/c1-13-8(10)4-3-5-9-6-7-14(2,11)12/h9H,3-7H2,1-2H3. The second-order valence-electron chi connectivity index (χ2n) is 3.06. The lowest BCUT2D eigenvalue weighted by atomic mass is 10.3. The number of nitrogens with one attached hydrogen (secondary N) is 1. The molecule has 0 aliphatic carbocycles. The number of hydrogen-bond acceptors (Lipinski definition) is 5. The van der Waals surface area contributed by atoms with Crippen molar-refractivity contribution < 1.29 is 17.9 Å². The van der Waals surface area contributed by atoms with Gasteiger partial charge in [-0.15, -0.1) is 0 Å². The molecule has 0 unspecified atom stereocenters. The largest absolute Gasteiger partial charge is 0.469 e. The fourth-order valence-corrected chi connectivity index (χ4v) is 1.36. The van der Waals surface area contributed by atoms with Crippen molar-refractivity contribution in [2.24, 2.45) is 0 Å². The molecule has 6 heteroatoms. The third kappa shape index (κ3) is 9.47. The predicted molar refractivity (Wildman–Crippen MR) is 53.8 cm³/mol. The topological polar surface area (TPSA) is 72.5 Å². The number of rotatable bonds is 7. The van der Waals surface area contributed by atoms with Crippen molar-refractivity contribution in [1.29, 1.82) is 0 Å². The molecule has 0 aromatic carbocycles.